The van der Waals surface area contributed by atoms with Crippen molar-refractivity contribution in [2.75, 3.05) is 13.1 Å². The summed E-state index contributed by atoms with van der Waals surface area (Å²) in [4.78, 5) is 6.66. The van der Waals surface area contributed by atoms with Crippen LogP contribution in [0.2, 0.25) is 0 Å². The Hall–Kier alpha value is -1.95. The van der Waals surface area contributed by atoms with Gasteiger partial charge in [0.25, 0.3) is 0 Å². The number of ether oxygens (including phenoxy) is 1. The van der Waals surface area contributed by atoms with Crippen LogP contribution in [0.15, 0.2) is 22.7 Å². The summed E-state index contributed by atoms with van der Waals surface area (Å²) in [6, 6.07) is 4.11. The van der Waals surface area contributed by atoms with Gasteiger partial charge in [-0.15, -0.1) is 10.2 Å². The van der Waals surface area contributed by atoms with Gasteiger partial charge in [-0.3, -0.25) is 4.90 Å². The number of nitrogens with zero attached hydrogens (tertiary/aromatic N) is 4. The van der Waals surface area contributed by atoms with Gasteiger partial charge in [-0.05, 0) is 32.3 Å². The van der Waals surface area contributed by atoms with Crippen LogP contribution in [0.3, 0.4) is 0 Å². The molecule has 0 aromatic carbocycles. The predicted molar refractivity (Wildman–Crippen MR) is 81.6 cm³/mol. The fourth-order valence-electron chi connectivity index (χ4n) is 2.71. The fourth-order valence-corrected chi connectivity index (χ4v) is 2.71. The van der Waals surface area contributed by atoms with Crippen molar-refractivity contribution < 1.29 is 9.15 Å². The molecule has 0 aliphatic carbocycles. The van der Waals surface area contributed by atoms with Gasteiger partial charge in [0.15, 0.2) is 0 Å². The lowest BCUT2D eigenvalue weighted by Crippen LogP contribution is -2.39. The minimum absolute atomic E-state index is 0.152. The fraction of sp³-hybridized carbons (Fsp3) is 0.562. The van der Waals surface area contributed by atoms with Crippen molar-refractivity contribution in [2.45, 2.75) is 45.8 Å². The standard InChI is InChI=1S/C16H22N4O2/c1-11-4-5-15(17-10-11)22-14-6-8-20(9-7-14)12(2)16-19-18-13(3)21-16/h4-5,10,12,14H,6-9H2,1-3H3/t12-/m0/s1. The molecule has 0 amide bonds. The number of piperidine rings is 1. The highest BCUT2D eigenvalue weighted by Gasteiger charge is 2.27. The zero-order chi connectivity index (χ0) is 15.5. The monoisotopic (exact) mass is 302 g/mol. The summed E-state index contributed by atoms with van der Waals surface area (Å²) < 4.78 is 11.5. The second kappa shape index (κ2) is 6.44. The molecule has 118 valence electrons. The van der Waals surface area contributed by atoms with Crippen molar-refractivity contribution in [1.82, 2.24) is 20.1 Å². The lowest BCUT2D eigenvalue weighted by molar-refractivity contribution is 0.0692. The van der Waals surface area contributed by atoms with Gasteiger partial charge in [0.1, 0.15) is 6.10 Å². The molecule has 0 radical (unpaired) electrons. The number of pyridine rings is 1. The summed E-state index contributed by atoms with van der Waals surface area (Å²) in [6.07, 6.45) is 4.02. The first-order valence-corrected chi connectivity index (χ1v) is 7.75. The Kier molecular flexibility index (Phi) is 4.38. The number of rotatable bonds is 4. The van der Waals surface area contributed by atoms with E-state index in [0.29, 0.717) is 17.7 Å². The molecule has 6 heteroatoms. The number of aromatic nitrogens is 3. The summed E-state index contributed by atoms with van der Waals surface area (Å²) in [5.74, 6) is 2.02. The van der Waals surface area contributed by atoms with E-state index in [4.69, 9.17) is 9.15 Å². The topological polar surface area (TPSA) is 64.3 Å². The Bertz CT molecular complexity index is 603. The summed E-state index contributed by atoms with van der Waals surface area (Å²) in [5, 5.41) is 8.02. The Morgan fingerprint density at radius 1 is 1.23 bits per heavy atom. The van der Waals surface area contributed by atoms with Crippen molar-refractivity contribution in [1.29, 1.82) is 0 Å². The summed E-state index contributed by atoms with van der Waals surface area (Å²) in [6.45, 7) is 7.86. The number of aryl methyl sites for hydroxylation is 2. The van der Waals surface area contributed by atoms with Crippen LogP contribution < -0.4 is 4.74 Å². The molecule has 1 aliphatic rings. The van der Waals surface area contributed by atoms with Crippen LogP contribution in [0.25, 0.3) is 0 Å². The van der Waals surface area contributed by atoms with Crippen LogP contribution in [0, 0.1) is 13.8 Å². The average molecular weight is 302 g/mol. The van der Waals surface area contributed by atoms with Gasteiger partial charge in [0.05, 0.1) is 6.04 Å². The third-order valence-corrected chi connectivity index (χ3v) is 4.09. The molecule has 3 rings (SSSR count). The summed E-state index contributed by atoms with van der Waals surface area (Å²) >= 11 is 0. The van der Waals surface area contributed by atoms with Crippen molar-refractivity contribution in [3.05, 3.63) is 35.7 Å². The molecule has 1 fully saturated rings. The van der Waals surface area contributed by atoms with Crippen LogP contribution >= 0.6 is 0 Å². The first-order chi connectivity index (χ1) is 10.6. The average Bonchev–Trinajstić information content (AvgIpc) is 2.96. The second-order valence-corrected chi connectivity index (χ2v) is 5.86. The largest absolute Gasteiger partial charge is 0.474 e. The Morgan fingerprint density at radius 2 is 2.00 bits per heavy atom. The van der Waals surface area contributed by atoms with Crippen molar-refractivity contribution in [2.24, 2.45) is 0 Å². The van der Waals surface area contributed by atoms with E-state index in [1.54, 1.807) is 0 Å². The molecule has 1 aliphatic heterocycles. The molecule has 0 bridgehead atoms. The predicted octanol–water partition coefficient (Wildman–Crippen LogP) is 2.69. The molecule has 6 nitrogen and oxygen atoms in total. The maximum atomic E-state index is 5.96. The lowest BCUT2D eigenvalue weighted by atomic mass is 10.1. The molecule has 2 aromatic heterocycles. The van der Waals surface area contributed by atoms with E-state index < -0.39 is 0 Å². The van der Waals surface area contributed by atoms with E-state index in [9.17, 15) is 0 Å². The second-order valence-electron chi connectivity index (χ2n) is 5.86. The van der Waals surface area contributed by atoms with Crippen LogP contribution in [0.4, 0.5) is 0 Å². The van der Waals surface area contributed by atoms with Gasteiger partial charge in [0.2, 0.25) is 17.7 Å². The first-order valence-electron chi connectivity index (χ1n) is 7.75. The zero-order valence-corrected chi connectivity index (χ0v) is 13.3. The summed E-state index contributed by atoms with van der Waals surface area (Å²) in [5.41, 5.74) is 1.14. The Morgan fingerprint density at radius 3 is 2.59 bits per heavy atom. The molecule has 22 heavy (non-hydrogen) atoms. The molecule has 0 saturated carbocycles. The zero-order valence-electron chi connectivity index (χ0n) is 13.3. The third kappa shape index (κ3) is 3.44. The van der Waals surface area contributed by atoms with Gasteiger partial charge < -0.3 is 9.15 Å². The van der Waals surface area contributed by atoms with E-state index in [2.05, 4.69) is 27.0 Å². The van der Waals surface area contributed by atoms with Gasteiger partial charge in [-0.25, -0.2) is 4.98 Å². The molecule has 0 spiro atoms. The van der Waals surface area contributed by atoms with E-state index >= 15 is 0 Å². The number of hydrogen-bond acceptors (Lipinski definition) is 6. The smallest absolute Gasteiger partial charge is 0.233 e. The third-order valence-electron chi connectivity index (χ3n) is 4.09. The highest BCUT2D eigenvalue weighted by atomic mass is 16.5. The van der Waals surface area contributed by atoms with Gasteiger partial charge in [-0.1, -0.05) is 6.07 Å². The number of likely N-dealkylation sites (tertiary alicyclic amines) is 1. The molecule has 2 aromatic rings. The molecule has 3 heterocycles. The normalized spacial score (nSPS) is 18.3. The van der Waals surface area contributed by atoms with Crippen LogP contribution in [-0.2, 0) is 0 Å². The minimum Gasteiger partial charge on any atom is -0.474 e. The van der Waals surface area contributed by atoms with E-state index in [0.717, 1.165) is 31.5 Å². The van der Waals surface area contributed by atoms with Gasteiger partial charge in [-0.2, -0.15) is 0 Å². The molecule has 1 saturated heterocycles. The highest BCUT2D eigenvalue weighted by molar-refractivity contribution is 5.16. The molecular formula is C16H22N4O2. The van der Waals surface area contributed by atoms with Crippen molar-refractivity contribution in [3.8, 4) is 5.88 Å². The SMILES string of the molecule is Cc1ccc(OC2CCN([C@@H](C)c3nnc(C)o3)CC2)nc1. The maximum Gasteiger partial charge on any atom is 0.233 e. The minimum atomic E-state index is 0.152. The van der Waals surface area contributed by atoms with E-state index in [1.807, 2.05) is 32.2 Å². The lowest BCUT2D eigenvalue weighted by Gasteiger charge is -2.34. The quantitative estimate of drug-likeness (QED) is 0.865. The van der Waals surface area contributed by atoms with Crippen molar-refractivity contribution >= 4 is 0 Å². The molecular weight excluding hydrogens is 280 g/mol. The van der Waals surface area contributed by atoms with Crippen LogP contribution in [0.1, 0.15) is 43.2 Å². The van der Waals surface area contributed by atoms with E-state index in [1.165, 1.54) is 0 Å². The van der Waals surface area contributed by atoms with Crippen molar-refractivity contribution in [3.63, 3.8) is 0 Å². The van der Waals surface area contributed by atoms with Crippen LogP contribution in [0.5, 0.6) is 5.88 Å². The highest BCUT2D eigenvalue weighted by Crippen LogP contribution is 2.25. The Balaban J connectivity index is 1.52. The van der Waals surface area contributed by atoms with Crippen LogP contribution in [-0.4, -0.2) is 39.3 Å². The molecule has 0 unspecified atom stereocenters. The van der Waals surface area contributed by atoms with E-state index in [-0.39, 0.29) is 12.1 Å². The van der Waals surface area contributed by atoms with Gasteiger partial charge >= 0.3 is 0 Å². The summed E-state index contributed by atoms with van der Waals surface area (Å²) in [7, 11) is 0. The first kappa shape index (κ1) is 15.0. The maximum absolute atomic E-state index is 5.96. The molecule has 0 N–H and O–H groups in total. The Labute approximate surface area is 130 Å². The number of hydrogen-bond donors (Lipinski definition) is 0. The van der Waals surface area contributed by atoms with Gasteiger partial charge in [0, 0.05) is 32.3 Å². The molecule has 1 atom stereocenters.